The van der Waals surface area contributed by atoms with Gasteiger partial charge in [-0.1, -0.05) is 85.6 Å². The Labute approximate surface area is 270 Å². The highest BCUT2D eigenvalue weighted by molar-refractivity contribution is 5.89. The first-order valence-corrected chi connectivity index (χ1v) is 17.0. The van der Waals surface area contributed by atoms with E-state index >= 15 is 0 Å². The van der Waals surface area contributed by atoms with E-state index < -0.39 is 12.2 Å². The van der Waals surface area contributed by atoms with Crippen LogP contribution in [0.15, 0.2) is 58.5 Å². The van der Waals surface area contributed by atoms with Gasteiger partial charge in [-0.15, -0.1) is 0 Å². The van der Waals surface area contributed by atoms with Crippen LogP contribution >= 0.6 is 0 Å². The lowest BCUT2D eigenvalue weighted by atomic mass is 9.89. The van der Waals surface area contributed by atoms with Crippen molar-refractivity contribution in [3.05, 3.63) is 65.2 Å². The third-order valence-corrected chi connectivity index (χ3v) is 8.06. The minimum absolute atomic E-state index is 0.0710. The Kier molecular flexibility index (Phi) is 14.2. The summed E-state index contributed by atoms with van der Waals surface area (Å²) in [4.78, 5) is 12.5. The van der Waals surface area contributed by atoms with Crippen LogP contribution in [0.4, 0.5) is 0 Å². The fourth-order valence-corrected chi connectivity index (χ4v) is 5.48. The van der Waals surface area contributed by atoms with Gasteiger partial charge < -0.3 is 24.1 Å². The first kappa shape index (κ1) is 36.4. The van der Waals surface area contributed by atoms with Gasteiger partial charge in [-0.2, -0.15) is 0 Å². The van der Waals surface area contributed by atoms with Crippen LogP contribution in [0.5, 0.6) is 5.75 Å². The van der Waals surface area contributed by atoms with E-state index in [1.165, 1.54) is 30.4 Å². The van der Waals surface area contributed by atoms with E-state index in [0.29, 0.717) is 43.6 Å². The van der Waals surface area contributed by atoms with Crippen LogP contribution in [0.25, 0.3) is 22.3 Å². The molecule has 45 heavy (non-hydrogen) atoms. The van der Waals surface area contributed by atoms with E-state index in [0.717, 1.165) is 35.1 Å². The van der Waals surface area contributed by atoms with Gasteiger partial charge in [-0.3, -0.25) is 0 Å². The van der Waals surface area contributed by atoms with Crippen LogP contribution < -0.4 is 4.74 Å². The summed E-state index contributed by atoms with van der Waals surface area (Å²) in [7, 11) is 0. The molecule has 248 valence electrons. The Morgan fingerprint density at radius 3 is 2.27 bits per heavy atom. The van der Waals surface area contributed by atoms with Crippen molar-refractivity contribution < 1.29 is 28.9 Å². The number of furan rings is 1. The number of rotatable bonds is 18. The van der Waals surface area contributed by atoms with Gasteiger partial charge in [0.1, 0.15) is 17.1 Å². The van der Waals surface area contributed by atoms with Crippen LogP contribution in [0.2, 0.25) is 0 Å². The molecule has 2 unspecified atom stereocenters. The largest absolute Gasteiger partial charge is 0.493 e. The van der Waals surface area contributed by atoms with Gasteiger partial charge in [-0.05, 0) is 85.6 Å². The van der Waals surface area contributed by atoms with Crippen LogP contribution in [-0.4, -0.2) is 41.6 Å². The molecule has 2 aromatic carbocycles. The molecule has 2 N–H and O–H groups in total. The number of aryl methyl sites for hydroxylation is 2. The molecular weight excluding hydrogens is 564 g/mol. The molecule has 0 saturated heterocycles. The number of allylic oxidation sites excluding steroid dienone is 1. The molecule has 0 fully saturated rings. The number of aliphatic hydroxyl groups excluding tert-OH is 2. The molecule has 2 atom stereocenters. The number of aliphatic hydroxyl groups is 2. The topological polar surface area (TPSA) is 89.1 Å². The number of hydrogen-bond acceptors (Lipinski definition) is 6. The van der Waals surface area contributed by atoms with Crippen molar-refractivity contribution >= 4 is 16.9 Å². The lowest BCUT2D eigenvalue weighted by molar-refractivity contribution is -0.140. The van der Waals surface area contributed by atoms with Crippen LogP contribution in [0.3, 0.4) is 0 Å². The van der Waals surface area contributed by atoms with Crippen LogP contribution in [0, 0.1) is 11.3 Å². The van der Waals surface area contributed by atoms with Crippen LogP contribution in [-0.2, 0) is 22.4 Å². The van der Waals surface area contributed by atoms with Gasteiger partial charge in [0, 0.05) is 22.6 Å². The monoisotopic (exact) mass is 620 g/mol. The highest BCUT2D eigenvalue weighted by atomic mass is 16.5. The van der Waals surface area contributed by atoms with Gasteiger partial charge in [0.05, 0.1) is 25.4 Å². The second-order valence-electron chi connectivity index (χ2n) is 13.6. The number of carbonyl (C=O) groups is 1. The number of fused-ring (bicyclic) bond motifs is 1. The normalized spacial score (nSPS) is 13.8. The first-order chi connectivity index (χ1) is 21.4. The smallest absolute Gasteiger partial charge is 0.333 e. The number of carbonyl (C=O) groups excluding carboxylic acids is 1. The zero-order valence-corrected chi connectivity index (χ0v) is 28.7. The number of unbranched alkanes of at least 4 members (excludes halogenated alkanes) is 2. The fourth-order valence-electron chi connectivity index (χ4n) is 5.48. The summed E-state index contributed by atoms with van der Waals surface area (Å²) in [5.41, 5.74) is 5.16. The standard InChI is InChI=1S/C39H56O6/c1-8-10-11-14-28-17-20-32(29(9-2)23-28)37-24-30-18-19-31(25-36(30)45-37)43-21-12-15-34(40)35(41)16-13-22-44-38(42)33(27(3)4)26-39(5,6)7/h17-20,23-27,34-35,40-41H,8-16,21-22H2,1-7H3/b33-26+. The van der Waals surface area contributed by atoms with Gasteiger partial charge >= 0.3 is 5.97 Å². The van der Waals surface area contributed by atoms with Gasteiger partial charge in [-0.25, -0.2) is 4.79 Å². The maximum Gasteiger partial charge on any atom is 0.333 e. The van der Waals surface area contributed by atoms with Crippen molar-refractivity contribution in [2.45, 2.75) is 118 Å². The highest BCUT2D eigenvalue weighted by Crippen LogP contribution is 2.33. The lowest BCUT2D eigenvalue weighted by Gasteiger charge is -2.19. The Morgan fingerprint density at radius 2 is 1.62 bits per heavy atom. The van der Waals surface area contributed by atoms with Crippen molar-refractivity contribution in [3.8, 4) is 17.1 Å². The summed E-state index contributed by atoms with van der Waals surface area (Å²) >= 11 is 0. The first-order valence-electron chi connectivity index (χ1n) is 17.0. The van der Waals surface area contributed by atoms with E-state index in [9.17, 15) is 15.0 Å². The molecule has 6 heteroatoms. The number of benzene rings is 2. The molecule has 3 rings (SSSR count). The van der Waals surface area contributed by atoms with E-state index in [4.69, 9.17) is 13.9 Å². The average molecular weight is 621 g/mol. The Morgan fingerprint density at radius 1 is 0.911 bits per heavy atom. The molecule has 1 aromatic heterocycles. The summed E-state index contributed by atoms with van der Waals surface area (Å²) < 4.78 is 17.7. The Balaban J connectivity index is 1.44. The van der Waals surface area contributed by atoms with Crippen molar-refractivity contribution in [3.63, 3.8) is 0 Å². The number of ether oxygens (including phenoxy) is 2. The van der Waals surface area contributed by atoms with Crippen LogP contribution in [0.1, 0.15) is 105 Å². The van der Waals surface area contributed by atoms with E-state index in [-0.39, 0.29) is 23.9 Å². The summed E-state index contributed by atoms with van der Waals surface area (Å²) in [6, 6.07) is 14.7. The van der Waals surface area contributed by atoms with Gasteiger partial charge in [0.15, 0.2) is 0 Å². The number of esters is 1. The zero-order chi connectivity index (χ0) is 33.0. The third kappa shape index (κ3) is 11.7. The van der Waals surface area contributed by atoms with Crippen molar-refractivity contribution in [1.82, 2.24) is 0 Å². The molecule has 0 aliphatic rings. The molecule has 1 heterocycles. The molecule has 0 spiro atoms. The van der Waals surface area contributed by atoms with Crippen molar-refractivity contribution in [1.29, 1.82) is 0 Å². The summed E-state index contributed by atoms with van der Waals surface area (Å²) in [5.74, 6) is 1.34. The molecule has 0 radical (unpaired) electrons. The second-order valence-corrected chi connectivity index (χ2v) is 13.6. The SMILES string of the molecule is CCCCCc1ccc(-c2cc3ccc(OCCCC(O)C(O)CCCOC(=O)/C(=C/C(C)(C)C)C(C)C)cc3o2)c(CC)c1. The molecule has 3 aromatic rings. The molecule has 0 aliphatic carbocycles. The summed E-state index contributed by atoms with van der Waals surface area (Å²) in [5, 5.41) is 21.9. The van der Waals surface area contributed by atoms with Crippen molar-refractivity contribution in [2.75, 3.05) is 13.2 Å². The van der Waals surface area contributed by atoms with Crippen molar-refractivity contribution in [2.24, 2.45) is 11.3 Å². The predicted octanol–water partition coefficient (Wildman–Crippen LogP) is 9.23. The lowest BCUT2D eigenvalue weighted by Crippen LogP contribution is -2.27. The second kappa shape index (κ2) is 17.6. The maximum atomic E-state index is 12.5. The molecular formula is C39H56O6. The molecule has 0 saturated carbocycles. The number of hydrogen-bond donors (Lipinski definition) is 2. The quantitative estimate of drug-likeness (QED) is 0.0837. The third-order valence-electron chi connectivity index (χ3n) is 8.06. The predicted molar refractivity (Wildman–Crippen MR) is 184 cm³/mol. The highest BCUT2D eigenvalue weighted by Gasteiger charge is 2.20. The molecule has 0 aliphatic heterocycles. The molecule has 0 bridgehead atoms. The fraction of sp³-hybridized carbons (Fsp3) is 0.564. The molecule has 6 nitrogen and oxygen atoms in total. The van der Waals surface area contributed by atoms with E-state index in [1.807, 2.05) is 38.1 Å². The van der Waals surface area contributed by atoms with E-state index in [1.54, 1.807) is 0 Å². The average Bonchev–Trinajstić information content (AvgIpc) is 3.42. The maximum absolute atomic E-state index is 12.5. The minimum atomic E-state index is -0.880. The zero-order valence-electron chi connectivity index (χ0n) is 28.7. The summed E-state index contributed by atoms with van der Waals surface area (Å²) in [6.07, 6.45) is 7.83. The van der Waals surface area contributed by atoms with Gasteiger partial charge in [0.2, 0.25) is 0 Å². The van der Waals surface area contributed by atoms with E-state index in [2.05, 4.69) is 58.9 Å². The summed E-state index contributed by atoms with van der Waals surface area (Å²) in [6.45, 7) is 15.2. The molecule has 0 amide bonds. The Hall–Kier alpha value is -3.09. The minimum Gasteiger partial charge on any atom is -0.493 e. The van der Waals surface area contributed by atoms with Gasteiger partial charge in [0.25, 0.3) is 0 Å². The Bertz CT molecular complexity index is 1380.